The molecular formula is C27H33N7O3. The first-order chi connectivity index (χ1) is 17.7. The molecule has 3 aromatic rings. The molecule has 0 saturated heterocycles. The van der Waals surface area contributed by atoms with Gasteiger partial charge in [0.15, 0.2) is 5.96 Å². The number of hydrogen-bond donors (Lipinski definition) is 5. The molecule has 10 heteroatoms. The van der Waals surface area contributed by atoms with Gasteiger partial charge in [-0.25, -0.2) is 4.79 Å². The molecule has 1 atom stereocenters. The lowest BCUT2D eigenvalue weighted by atomic mass is 10.0. The molecule has 0 unspecified atom stereocenters. The highest BCUT2D eigenvalue weighted by Gasteiger charge is 2.28. The molecule has 10 nitrogen and oxygen atoms in total. The zero-order chi connectivity index (χ0) is 26.8. The number of benzene rings is 3. The summed E-state index contributed by atoms with van der Waals surface area (Å²) in [7, 11) is 0. The molecule has 3 rings (SSSR count). The third-order valence-electron chi connectivity index (χ3n) is 5.97. The van der Waals surface area contributed by atoms with Gasteiger partial charge in [0.25, 0.3) is 0 Å². The number of nitrogens with zero attached hydrogens (tertiary/aromatic N) is 2. The van der Waals surface area contributed by atoms with Crippen molar-refractivity contribution in [3.05, 3.63) is 83.4 Å². The number of aliphatic imine (C=N–C) groups is 1. The molecule has 0 fully saturated rings. The molecule has 194 valence electrons. The first-order valence-electron chi connectivity index (χ1n) is 12.0. The lowest BCUT2D eigenvalue weighted by molar-refractivity contribution is -0.139. The molecule has 3 aromatic carbocycles. The maximum Gasteiger partial charge on any atom is 0.312 e. The Morgan fingerprint density at radius 2 is 1.49 bits per heavy atom. The number of carbonyl (C=O) groups excluding carboxylic acids is 3. The largest absolute Gasteiger partial charge is 0.370 e. The van der Waals surface area contributed by atoms with Gasteiger partial charge in [0, 0.05) is 19.6 Å². The van der Waals surface area contributed by atoms with Crippen molar-refractivity contribution in [3.63, 3.8) is 0 Å². The van der Waals surface area contributed by atoms with E-state index in [1.165, 1.54) is 4.90 Å². The van der Waals surface area contributed by atoms with Crippen LogP contribution in [-0.2, 0) is 29.1 Å². The molecule has 37 heavy (non-hydrogen) atoms. The fraction of sp³-hybridized carbons (Fsp3) is 0.259. The maximum atomic E-state index is 13.6. The van der Waals surface area contributed by atoms with Crippen LogP contribution < -0.4 is 28.3 Å². The van der Waals surface area contributed by atoms with Crippen molar-refractivity contribution < 1.29 is 14.4 Å². The SMILES string of the molecule is NC(=O)NCc1ccc(CN(C(=O)Cc2ccc3ccccc3c2)[C@H](CCCN=C(N)N)C(N)=O)cc1. The smallest absolute Gasteiger partial charge is 0.312 e. The van der Waals surface area contributed by atoms with Crippen LogP contribution in [0.3, 0.4) is 0 Å². The van der Waals surface area contributed by atoms with Crippen LogP contribution in [0.2, 0.25) is 0 Å². The van der Waals surface area contributed by atoms with Crippen molar-refractivity contribution in [2.75, 3.05) is 6.54 Å². The third kappa shape index (κ3) is 8.24. The van der Waals surface area contributed by atoms with Crippen LogP contribution in [0.1, 0.15) is 29.5 Å². The van der Waals surface area contributed by atoms with Crippen molar-refractivity contribution in [2.45, 2.75) is 38.4 Å². The first kappa shape index (κ1) is 27.0. The molecule has 0 aliphatic rings. The van der Waals surface area contributed by atoms with Crippen LogP contribution in [0.5, 0.6) is 0 Å². The number of nitrogens with one attached hydrogen (secondary N) is 1. The van der Waals surface area contributed by atoms with E-state index in [1.54, 1.807) is 0 Å². The first-order valence-corrected chi connectivity index (χ1v) is 12.0. The predicted octanol–water partition coefficient (Wildman–Crippen LogP) is 1.49. The molecule has 0 spiro atoms. The van der Waals surface area contributed by atoms with E-state index in [0.29, 0.717) is 19.4 Å². The summed E-state index contributed by atoms with van der Waals surface area (Å²) in [6.45, 7) is 0.793. The number of hydrogen-bond acceptors (Lipinski definition) is 4. The summed E-state index contributed by atoms with van der Waals surface area (Å²) in [5.74, 6) is -0.856. The van der Waals surface area contributed by atoms with Crippen LogP contribution in [0.15, 0.2) is 71.7 Å². The summed E-state index contributed by atoms with van der Waals surface area (Å²) in [4.78, 5) is 42.5. The van der Waals surface area contributed by atoms with Gasteiger partial charge >= 0.3 is 6.03 Å². The summed E-state index contributed by atoms with van der Waals surface area (Å²) in [5, 5.41) is 4.65. The van der Waals surface area contributed by atoms with Gasteiger partial charge in [-0.3, -0.25) is 14.6 Å². The van der Waals surface area contributed by atoms with Crippen LogP contribution >= 0.6 is 0 Å². The van der Waals surface area contributed by atoms with Crippen LogP contribution in [0.4, 0.5) is 4.79 Å². The molecule has 4 amide bonds. The van der Waals surface area contributed by atoms with E-state index in [2.05, 4.69) is 10.3 Å². The zero-order valence-electron chi connectivity index (χ0n) is 20.6. The average Bonchev–Trinajstić information content (AvgIpc) is 2.86. The summed E-state index contributed by atoms with van der Waals surface area (Å²) >= 11 is 0. The number of urea groups is 1. The second-order valence-corrected chi connectivity index (χ2v) is 8.78. The van der Waals surface area contributed by atoms with Crippen LogP contribution in [0, 0.1) is 0 Å². The van der Waals surface area contributed by atoms with Crippen molar-refractivity contribution in [2.24, 2.45) is 27.9 Å². The van der Waals surface area contributed by atoms with Gasteiger partial charge in [-0.15, -0.1) is 0 Å². The highest BCUT2D eigenvalue weighted by atomic mass is 16.2. The van der Waals surface area contributed by atoms with E-state index in [1.807, 2.05) is 66.7 Å². The maximum absolute atomic E-state index is 13.6. The van der Waals surface area contributed by atoms with Gasteiger partial charge < -0.3 is 33.2 Å². The zero-order valence-corrected chi connectivity index (χ0v) is 20.6. The van der Waals surface area contributed by atoms with Gasteiger partial charge in [0.1, 0.15) is 6.04 Å². The number of carbonyl (C=O) groups is 3. The Kier molecular flexibility index (Phi) is 9.42. The van der Waals surface area contributed by atoms with Crippen molar-refractivity contribution in [1.29, 1.82) is 0 Å². The lowest BCUT2D eigenvalue weighted by Crippen LogP contribution is -2.48. The number of primary amides is 2. The van der Waals surface area contributed by atoms with Crippen molar-refractivity contribution in [1.82, 2.24) is 10.2 Å². The lowest BCUT2D eigenvalue weighted by Gasteiger charge is -2.30. The predicted molar refractivity (Wildman–Crippen MR) is 144 cm³/mol. The van der Waals surface area contributed by atoms with Crippen LogP contribution in [0.25, 0.3) is 10.8 Å². The van der Waals surface area contributed by atoms with E-state index in [-0.39, 0.29) is 31.4 Å². The quantitative estimate of drug-likeness (QED) is 0.142. The summed E-state index contributed by atoms with van der Waals surface area (Å²) in [6.07, 6.45) is 0.905. The minimum absolute atomic E-state index is 0.0363. The average molecular weight is 504 g/mol. The second kappa shape index (κ2) is 12.9. The molecule has 0 bridgehead atoms. The summed E-state index contributed by atoms with van der Waals surface area (Å²) in [6, 6.07) is 19.7. The normalized spacial score (nSPS) is 11.5. The van der Waals surface area contributed by atoms with E-state index in [9.17, 15) is 14.4 Å². The molecule has 0 aliphatic heterocycles. The Hall–Kier alpha value is -4.60. The minimum atomic E-state index is -0.835. The van der Waals surface area contributed by atoms with E-state index in [4.69, 9.17) is 22.9 Å². The van der Waals surface area contributed by atoms with Crippen molar-refractivity contribution in [3.8, 4) is 0 Å². The monoisotopic (exact) mass is 503 g/mol. The highest BCUT2D eigenvalue weighted by Crippen LogP contribution is 2.19. The number of nitrogens with two attached hydrogens (primary N) is 4. The third-order valence-corrected chi connectivity index (χ3v) is 5.97. The molecule has 0 aliphatic carbocycles. The van der Waals surface area contributed by atoms with Crippen molar-refractivity contribution >= 4 is 34.6 Å². The van der Waals surface area contributed by atoms with E-state index >= 15 is 0 Å². The van der Waals surface area contributed by atoms with Gasteiger partial charge in [-0.05, 0) is 40.3 Å². The van der Waals surface area contributed by atoms with Gasteiger partial charge in [-0.2, -0.15) is 0 Å². The topological polar surface area (TPSA) is 183 Å². The van der Waals surface area contributed by atoms with E-state index < -0.39 is 18.0 Å². The molecule has 0 aromatic heterocycles. The number of guanidine groups is 1. The van der Waals surface area contributed by atoms with Gasteiger partial charge in [-0.1, -0.05) is 66.7 Å². The Balaban J connectivity index is 1.82. The Labute approximate surface area is 215 Å². The Morgan fingerprint density at radius 3 is 2.14 bits per heavy atom. The summed E-state index contributed by atoms with van der Waals surface area (Å²) < 4.78 is 0. The molecule has 0 heterocycles. The van der Waals surface area contributed by atoms with Gasteiger partial charge in [0.05, 0.1) is 6.42 Å². The Morgan fingerprint density at radius 1 is 0.838 bits per heavy atom. The minimum Gasteiger partial charge on any atom is -0.370 e. The number of amides is 4. The highest BCUT2D eigenvalue weighted by molar-refractivity contribution is 5.89. The Bertz CT molecular complexity index is 1270. The van der Waals surface area contributed by atoms with Gasteiger partial charge in [0.2, 0.25) is 11.8 Å². The molecule has 0 radical (unpaired) electrons. The number of rotatable bonds is 12. The molecular weight excluding hydrogens is 470 g/mol. The molecule has 9 N–H and O–H groups in total. The van der Waals surface area contributed by atoms with Crippen LogP contribution in [-0.4, -0.2) is 41.3 Å². The standard InChI is InChI=1S/C27H33N7O3/c28-25(36)23(6-3-13-32-26(29)30)34(17-19-9-7-18(8-10-19)16-33-27(31)37)24(35)15-20-11-12-21-4-1-2-5-22(21)14-20/h1-2,4-5,7-12,14,23H,3,6,13,15-17H2,(H2,28,36)(H4,29,30,32)(H3,31,33,37)/t23-/m1/s1. The number of fused-ring (bicyclic) bond motifs is 1. The second-order valence-electron chi connectivity index (χ2n) is 8.78. The molecule has 0 saturated carbocycles. The summed E-state index contributed by atoms with van der Waals surface area (Å²) in [5.41, 5.74) is 24.2. The fourth-order valence-corrected chi connectivity index (χ4v) is 4.09. The fourth-order valence-electron chi connectivity index (χ4n) is 4.09. The van der Waals surface area contributed by atoms with E-state index in [0.717, 1.165) is 27.5 Å².